The van der Waals surface area contributed by atoms with Crippen molar-refractivity contribution < 1.29 is 4.39 Å². The minimum absolute atomic E-state index is 0.405. The molecule has 0 radical (unpaired) electrons. The molecule has 0 N–H and O–H groups in total. The molecule has 10 heavy (non-hydrogen) atoms. The second-order valence-electron chi connectivity index (χ2n) is 1.99. The van der Waals surface area contributed by atoms with Crippen molar-refractivity contribution in [2.75, 3.05) is 0 Å². The van der Waals surface area contributed by atoms with E-state index >= 15 is 0 Å². The monoisotopic (exact) mass is 154 g/mol. The van der Waals surface area contributed by atoms with E-state index < -0.39 is 6.67 Å². The van der Waals surface area contributed by atoms with Crippen LogP contribution in [-0.4, -0.2) is 5.37 Å². The summed E-state index contributed by atoms with van der Waals surface area (Å²) < 4.78 is 11.9. The molecule has 0 aliphatic carbocycles. The fraction of sp³-hybridized carbons (Fsp3) is 0.125. The van der Waals surface area contributed by atoms with Crippen LogP contribution in [0.3, 0.4) is 0 Å². The minimum atomic E-state index is -0.405. The normalized spacial score (nSPS) is 9.30. The van der Waals surface area contributed by atoms with E-state index in [1.807, 2.05) is 12.1 Å². The van der Waals surface area contributed by atoms with Crippen LogP contribution in [0.25, 0.3) is 0 Å². The van der Waals surface area contributed by atoms with Crippen LogP contribution < -0.4 is 0 Å². The van der Waals surface area contributed by atoms with Crippen LogP contribution in [-0.2, 0) is 6.67 Å². The Hall–Kier alpha value is -0.760. The van der Waals surface area contributed by atoms with Gasteiger partial charge in [0.2, 0.25) is 0 Å². The van der Waals surface area contributed by atoms with Gasteiger partial charge < -0.3 is 0 Å². The Labute approximate surface area is 64.7 Å². The first-order valence-electron chi connectivity index (χ1n) is 2.97. The highest BCUT2D eigenvalue weighted by molar-refractivity contribution is 7.79. The molecule has 1 rings (SSSR count). The Kier molecular flexibility index (Phi) is 2.51. The van der Waals surface area contributed by atoms with Crippen LogP contribution in [0.4, 0.5) is 4.39 Å². The topological polar surface area (TPSA) is 0 Å². The highest BCUT2D eigenvalue weighted by atomic mass is 32.1. The smallest absolute Gasteiger partial charge is 0.115 e. The lowest BCUT2D eigenvalue weighted by Gasteiger charge is -1.93. The molecule has 0 spiro atoms. The number of hydrogen-bond donors (Lipinski definition) is 0. The molecule has 0 fully saturated rings. The fourth-order valence-electron chi connectivity index (χ4n) is 0.685. The number of alkyl halides is 1. The van der Waals surface area contributed by atoms with Crippen LogP contribution in [0.1, 0.15) is 11.1 Å². The maximum absolute atomic E-state index is 11.9. The minimum Gasteiger partial charge on any atom is -0.246 e. The summed E-state index contributed by atoms with van der Waals surface area (Å²) in [5, 5.41) is 1.57. The second-order valence-corrected chi connectivity index (χ2v) is 2.23. The molecule has 0 heterocycles. The van der Waals surface area contributed by atoms with Gasteiger partial charge in [-0.05, 0) is 11.1 Å². The Bertz CT molecular complexity index is 215. The zero-order valence-electron chi connectivity index (χ0n) is 5.38. The van der Waals surface area contributed by atoms with Crippen molar-refractivity contribution in [1.82, 2.24) is 0 Å². The maximum atomic E-state index is 11.9. The van der Waals surface area contributed by atoms with E-state index in [0.29, 0.717) is 5.56 Å². The fourth-order valence-corrected chi connectivity index (χ4v) is 0.842. The predicted octanol–water partition coefficient (Wildman–Crippen LogP) is 2.50. The van der Waals surface area contributed by atoms with Crippen LogP contribution in [0, 0.1) is 0 Å². The van der Waals surface area contributed by atoms with Gasteiger partial charge in [-0.15, -0.1) is 0 Å². The summed E-state index contributed by atoms with van der Waals surface area (Å²) in [7, 11) is 0. The number of halogens is 1. The molecule has 0 atom stereocenters. The van der Waals surface area contributed by atoms with Crippen molar-refractivity contribution in [3.8, 4) is 0 Å². The molecule has 0 unspecified atom stereocenters. The first-order valence-corrected chi connectivity index (χ1v) is 3.44. The van der Waals surface area contributed by atoms with Crippen molar-refractivity contribution in [3.63, 3.8) is 0 Å². The second kappa shape index (κ2) is 3.42. The van der Waals surface area contributed by atoms with Gasteiger partial charge in [0.1, 0.15) is 6.67 Å². The van der Waals surface area contributed by atoms with Crippen molar-refractivity contribution >= 4 is 17.6 Å². The van der Waals surface area contributed by atoms with Crippen molar-refractivity contribution in [1.29, 1.82) is 0 Å². The molecule has 0 aliphatic heterocycles. The van der Waals surface area contributed by atoms with Crippen molar-refractivity contribution in [2.45, 2.75) is 6.67 Å². The van der Waals surface area contributed by atoms with Crippen molar-refractivity contribution in [2.24, 2.45) is 0 Å². The molecule has 2 heteroatoms. The van der Waals surface area contributed by atoms with Gasteiger partial charge in [0, 0.05) is 5.37 Å². The Morgan fingerprint density at radius 1 is 1.30 bits per heavy atom. The molecule has 0 amide bonds. The molecule has 0 aliphatic rings. The van der Waals surface area contributed by atoms with Crippen LogP contribution in [0.2, 0.25) is 0 Å². The number of rotatable bonds is 2. The van der Waals surface area contributed by atoms with Crippen molar-refractivity contribution in [3.05, 3.63) is 35.4 Å². The first kappa shape index (κ1) is 7.35. The third kappa shape index (κ3) is 1.61. The molecule has 0 aromatic heterocycles. The lowest BCUT2D eigenvalue weighted by atomic mass is 10.2. The largest absolute Gasteiger partial charge is 0.246 e. The lowest BCUT2D eigenvalue weighted by molar-refractivity contribution is 0.485. The summed E-state index contributed by atoms with van der Waals surface area (Å²) in [4.78, 5) is 0. The van der Waals surface area contributed by atoms with Crippen LogP contribution in [0.15, 0.2) is 24.3 Å². The van der Waals surface area contributed by atoms with Gasteiger partial charge in [-0.3, -0.25) is 0 Å². The highest BCUT2D eigenvalue weighted by Gasteiger charge is 1.89. The number of benzene rings is 1. The lowest BCUT2D eigenvalue weighted by Crippen LogP contribution is -1.80. The van der Waals surface area contributed by atoms with Gasteiger partial charge in [0.05, 0.1) is 0 Å². The summed E-state index contributed by atoms with van der Waals surface area (Å²) in [6.07, 6.45) is 0. The number of thiocarbonyl (C=S) groups is 1. The Balaban J connectivity index is 2.90. The van der Waals surface area contributed by atoms with Gasteiger partial charge in [0.25, 0.3) is 0 Å². The third-order valence-corrected chi connectivity index (χ3v) is 1.54. The Morgan fingerprint density at radius 2 is 1.90 bits per heavy atom. The average Bonchev–Trinajstić information content (AvgIpc) is 2.05. The molecule has 0 bridgehead atoms. The molecule has 0 saturated carbocycles. The van der Waals surface area contributed by atoms with E-state index in [4.69, 9.17) is 0 Å². The standard InChI is InChI=1S/C8H7FS/c9-5-7-1-3-8(6-10)4-2-7/h1-4,6H,5H2. The van der Waals surface area contributed by atoms with E-state index in [9.17, 15) is 4.39 Å². The van der Waals surface area contributed by atoms with E-state index in [1.165, 1.54) is 0 Å². The summed E-state index contributed by atoms with van der Waals surface area (Å²) in [5.74, 6) is 0. The SMILES string of the molecule is FCc1ccc(C=S)cc1. The summed E-state index contributed by atoms with van der Waals surface area (Å²) in [6.45, 7) is -0.405. The molecular formula is C8H7FS. The molecule has 1 aromatic rings. The third-order valence-electron chi connectivity index (χ3n) is 1.27. The summed E-state index contributed by atoms with van der Waals surface area (Å²) in [6, 6.07) is 7.08. The van der Waals surface area contributed by atoms with E-state index in [1.54, 1.807) is 17.5 Å². The predicted molar refractivity (Wildman–Crippen MR) is 44.0 cm³/mol. The van der Waals surface area contributed by atoms with Gasteiger partial charge in [0.15, 0.2) is 0 Å². The first-order chi connectivity index (χ1) is 4.86. The molecule has 1 aromatic carbocycles. The number of hydrogen-bond acceptors (Lipinski definition) is 1. The van der Waals surface area contributed by atoms with E-state index in [-0.39, 0.29) is 0 Å². The van der Waals surface area contributed by atoms with E-state index in [2.05, 4.69) is 12.2 Å². The molecule has 52 valence electrons. The van der Waals surface area contributed by atoms with Gasteiger partial charge in [-0.2, -0.15) is 0 Å². The quantitative estimate of drug-likeness (QED) is 0.590. The zero-order valence-corrected chi connectivity index (χ0v) is 6.20. The zero-order chi connectivity index (χ0) is 7.40. The summed E-state index contributed by atoms with van der Waals surface area (Å²) in [5.41, 5.74) is 1.65. The highest BCUT2D eigenvalue weighted by Crippen LogP contribution is 2.03. The molecule has 0 saturated heterocycles. The van der Waals surface area contributed by atoms with Crippen LogP contribution in [0.5, 0.6) is 0 Å². The van der Waals surface area contributed by atoms with Gasteiger partial charge in [-0.1, -0.05) is 36.5 Å². The summed E-state index contributed by atoms with van der Waals surface area (Å²) >= 11 is 4.68. The molecule has 0 nitrogen and oxygen atoms in total. The van der Waals surface area contributed by atoms with Crippen LogP contribution >= 0.6 is 12.2 Å². The molecular weight excluding hydrogens is 147 g/mol. The van der Waals surface area contributed by atoms with Gasteiger partial charge >= 0.3 is 0 Å². The Morgan fingerprint density at radius 3 is 2.30 bits per heavy atom. The van der Waals surface area contributed by atoms with E-state index in [0.717, 1.165) is 5.56 Å². The average molecular weight is 154 g/mol. The van der Waals surface area contributed by atoms with Gasteiger partial charge in [-0.25, -0.2) is 4.39 Å². The maximum Gasteiger partial charge on any atom is 0.115 e.